The molecule has 4 heteroatoms. The van der Waals surface area contributed by atoms with Crippen LogP contribution in [-0.2, 0) is 6.42 Å². The summed E-state index contributed by atoms with van der Waals surface area (Å²) < 4.78 is 0. The molecule has 0 amide bonds. The van der Waals surface area contributed by atoms with Crippen LogP contribution in [0, 0.1) is 6.92 Å². The molecule has 2 aliphatic rings. The van der Waals surface area contributed by atoms with Gasteiger partial charge in [-0.3, -0.25) is 0 Å². The van der Waals surface area contributed by atoms with Crippen molar-refractivity contribution in [2.75, 3.05) is 26.2 Å². The largest absolute Gasteiger partial charge is 0.310 e. The number of hydrogen-bond donors (Lipinski definition) is 1. The van der Waals surface area contributed by atoms with Gasteiger partial charge in [0.05, 0.1) is 5.01 Å². The van der Waals surface area contributed by atoms with E-state index >= 15 is 0 Å². The third-order valence-corrected chi connectivity index (χ3v) is 5.57. The molecule has 1 aliphatic heterocycles. The molecule has 1 aliphatic carbocycles. The fourth-order valence-corrected chi connectivity index (χ4v) is 4.33. The van der Waals surface area contributed by atoms with Gasteiger partial charge in [-0.2, -0.15) is 0 Å². The van der Waals surface area contributed by atoms with Crippen molar-refractivity contribution in [2.24, 2.45) is 0 Å². The first-order chi connectivity index (χ1) is 9.26. The van der Waals surface area contributed by atoms with E-state index in [-0.39, 0.29) is 0 Å². The van der Waals surface area contributed by atoms with E-state index in [9.17, 15) is 0 Å². The van der Waals surface area contributed by atoms with Crippen LogP contribution in [0.15, 0.2) is 5.38 Å². The Kier molecular flexibility index (Phi) is 4.20. The molecule has 2 heterocycles. The summed E-state index contributed by atoms with van der Waals surface area (Å²) >= 11 is 1.81. The number of aromatic nitrogens is 1. The molecule has 1 saturated heterocycles. The van der Waals surface area contributed by atoms with E-state index in [2.05, 4.69) is 27.5 Å². The van der Waals surface area contributed by atoms with Crippen molar-refractivity contribution < 1.29 is 0 Å². The van der Waals surface area contributed by atoms with Gasteiger partial charge in [0.2, 0.25) is 0 Å². The molecule has 0 atom stereocenters. The Labute approximate surface area is 120 Å². The van der Waals surface area contributed by atoms with E-state index in [1.807, 2.05) is 11.3 Å². The molecule has 0 radical (unpaired) electrons. The molecular formula is C15H25N3S. The van der Waals surface area contributed by atoms with Gasteiger partial charge in [0.15, 0.2) is 0 Å². The van der Waals surface area contributed by atoms with Gasteiger partial charge in [-0.05, 0) is 39.3 Å². The third-order valence-electron chi connectivity index (χ3n) is 4.55. The Hall–Kier alpha value is -0.450. The molecule has 106 valence electrons. The number of aryl methyl sites for hydroxylation is 1. The lowest BCUT2D eigenvalue weighted by atomic mass is 9.97. The van der Waals surface area contributed by atoms with Gasteiger partial charge < -0.3 is 10.2 Å². The average molecular weight is 279 g/mol. The quantitative estimate of drug-likeness (QED) is 0.922. The predicted octanol–water partition coefficient (Wildman–Crippen LogP) is 2.60. The maximum atomic E-state index is 4.58. The maximum Gasteiger partial charge on any atom is 0.0940 e. The van der Waals surface area contributed by atoms with Gasteiger partial charge in [0.25, 0.3) is 0 Å². The molecule has 1 saturated carbocycles. The molecule has 0 aromatic carbocycles. The first kappa shape index (κ1) is 13.5. The van der Waals surface area contributed by atoms with E-state index < -0.39 is 0 Å². The van der Waals surface area contributed by atoms with E-state index in [1.165, 1.54) is 69.0 Å². The normalized spacial score (nSPS) is 23.8. The van der Waals surface area contributed by atoms with E-state index in [0.29, 0.717) is 5.54 Å². The van der Waals surface area contributed by atoms with Crippen molar-refractivity contribution in [2.45, 2.75) is 51.0 Å². The van der Waals surface area contributed by atoms with Crippen molar-refractivity contribution in [1.29, 1.82) is 0 Å². The standard InChI is InChI=1S/C15H25N3S/c1-13-11-19-14(17-13)5-10-18-9-4-8-16-15(12-18)6-2-3-7-15/h11,16H,2-10,12H2,1H3. The molecule has 2 fully saturated rings. The smallest absolute Gasteiger partial charge is 0.0940 e. The summed E-state index contributed by atoms with van der Waals surface area (Å²) in [6, 6.07) is 0. The minimum atomic E-state index is 0.440. The van der Waals surface area contributed by atoms with Crippen LogP contribution in [0.4, 0.5) is 0 Å². The molecule has 3 nitrogen and oxygen atoms in total. The second kappa shape index (κ2) is 5.90. The van der Waals surface area contributed by atoms with Crippen LogP contribution in [0.1, 0.15) is 42.8 Å². The monoisotopic (exact) mass is 279 g/mol. The van der Waals surface area contributed by atoms with Gasteiger partial charge in [0.1, 0.15) is 0 Å². The third kappa shape index (κ3) is 3.36. The zero-order chi connectivity index (χ0) is 13.1. The highest BCUT2D eigenvalue weighted by atomic mass is 32.1. The Balaban J connectivity index is 1.57. The fraction of sp³-hybridized carbons (Fsp3) is 0.800. The summed E-state index contributed by atoms with van der Waals surface area (Å²) in [6.45, 7) is 6.96. The summed E-state index contributed by atoms with van der Waals surface area (Å²) in [5, 5.41) is 7.30. The molecule has 1 aromatic heterocycles. The molecule has 1 N–H and O–H groups in total. The topological polar surface area (TPSA) is 28.2 Å². The number of nitrogens with one attached hydrogen (secondary N) is 1. The highest BCUT2D eigenvalue weighted by Gasteiger charge is 2.36. The Morgan fingerprint density at radius 1 is 1.37 bits per heavy atom. The Morgan fingerprint density at radius 3 is 2.95 bits per heavy atom. The van der Waals surface area contributed by atoms with Crippen molar-refractivity contribution in [3.63, 3.8) is 0 Å². The minimum absolute atomic E-state index is 0.440. The Bertz CT molecular complexity index is 409. The second-order valence-corrected chi connectivity index (χ2v) is 7.12. The van der Waals surface area contributed by atoms with Crippen LogP contribution < -0.4 is 5.32 Å². The lowest BCUT2D eigenvalue weighted by Crippen LogP contribution is -2.49. The highest BCUT2D eigenvalue weighted by molar-refractivity contribution is 7.09. The molecular weight excluding hydrogens is 254 g/mol. The lowest BCUT2D eigenvalue weighted by molar-refractivity contribution is 0.212. The SMILES string of the molecule is Cc1csc(CCN2CCCNC3(CCCC3)C2)n1. The highest BCUT2D eigenvalue weighted by Crippen LogP contribution is 2.31. The molecule has 0 unspecified atom stereocenters. The molecule has 1 spiro atoms. The summed E-state index contributed by atoms with van der Waals surface area (Å²) in [6.07, 6.45) is 7.98. The van der Waals surface area contributed by atoms with Gasteiger partial charge in [0, 0.05) is 36.1 Å². The van der Waals surface area contributed by atoms with E-state index in [1.54, 1.807) is 0 Å². The van der Waals surface area contributed by atoms with Crippen molar-refractivity contribution in [3.05, 3.63) is 16.1 Å². The Morgan fingerprint density at radius 2 is 2.21 bits per heavy atom. The predicted molar refractivity (Wildman–Crippen MR) is 80.8 cm³/mol. The van der Waals surface area contributed by atoms with Crippen molar-refractivity contribution in [3.8, 4) is 0 Å². The first-order valence-corrected chi connectivity index (χ1v) is 8.52. The van der Waals surface area contributed by atoms with Gasteiger partial charge in [-0.1, -0.05) is 12.8 Å². The number of hydrogen-bond acceptors (Lipinski definition) is 4. The second-order valence-electron chi connectivity index (χ2n) is 6.18. The lowest BCUT2D eigenvalue weighted by Gasteiger charge is -2.33. The van der Waals surface area contributed by atoms with Gasteiger partial charge in [-0.15, -0.1) is 11.3 Å². The number of thiazole rings is 1. The van der Waals surface area contributed by atoms with Crippen LogP contribution in [0.5, 0.6) is 0 Å². The molecule has 0 bridgehead atoms. The van der Waals surface area contributed by atoms with Crippen LogP contribution in [-0.4, -0.2) is 41.6 Å². The molecule has 1 aromatic rings. The summed E-state index contributed by atoms with van der Waals surface area (Å²) in [7, 11) is 0. The van der Waals surface area contributed by atoms with Crippen molar-refractivity contribution in [1.82, 2.24) is 15.2 Å². The van der Waals surface area contributed by atoms with E-state index in [4.69, 9.17) is 0 Å². The number of rotatable bonds is 3. The minimum Gasteiger partial charge on any atom is -0.310 e. The number of nitrogens with zero attached hydrogens (tertiary/aromatic N) is 2. The fourth-order valence-electron chi connectivity index (χ4n) is 3.57. The van der Waals surface area contributed by atoms with Crippen LogP contribution in [0.25, 0.3) is 0 Å². The van der Waals surface area contributed by atoms with Crippen LogP contribution >= 0.6 is 11.3 Å². The zero-order valence-electron chi connectivity index (χ0n) is 12.0. The summed E-state index contributed by atoms with van der Waals surface area (Å²) in [5.74, 6) is 0. The van der Waals surface area contributed by atoms with Gasteiger partial charge >= 0.3 is 0 Å². The van der Waals surface area contributed by atoms with Crippen molar-refractivity contribution >= 4 is 11.3 Å². The van der Waals surface area contributed by atoms with E-state index in [0.717, 1.165) is 6.42 Å². The zero-order valence-corrected chi connectivity index (χ0v) is 12.8. The first-order valence-electron chi connectivity index (χ1n) is 7.64. The summed E-state index contributed by atoms with van der Waals surface area (Å²) in [5.41, 5.74) is 1.61. The molecule has 3 rings (SSSR count). The molecule has 19 heavy (non-hydrogen) atoms. The summed E-state index contributed by atoms with van der Waals surface area (Å²) in [4.78, 5) is 7.25. The van der Waals surface area contributed by atoms with Crippen LogP contribution in [0.3, 0.4) is 0 Å². The van der Waals surface area contributed by atoms with Crippen LogP contribution in [0.2, 0.25) is 0 Å². The van der Waals surface area contributed by atoms with Gasteiger partial charge in [-0.25, -0.2) is 4.98 Å². The average Bonchev–Trinajstić information content (AvgIpc) is 2.95. The maximum absolute atomic E-state index is 4.58.